The molecule has 264 valence electrons. The van der Waals surface area contributed by atoms with Gasteiger partial charge in [0.05, 0.1) is 31.0 Å². The monoisotopic (exact) mass is 774 g/mol. The van der Waals surface area contributed by atoms with E-state index >= 15 is 0 Å². The van der Waals surface area contributed by atoms with Gasteiger partial charge in [0.15, 0.2) is 23.3 Å². The Morgan fingerprint density at radius 3 is 2.48 bits per heavy atom. The summed E-state index contributed by atoms with van der Waals surface area (Å²) in [7, 11) is 1.54. The number of anilines is 1. The molecule has 0 bridgehead atoms. The number of halogens is 3. The molecule has 52 heavy (non-hydrogen) atoms. The Bertz CT molecular complexity index is 2160. The van der Waals surface area contributed by atoms with Crippen molar-refractivity contribution in [3.8, 4) is 17.2 Å². The molecule has 2 heterocycles. The standard InChI is InChI=1S/C38H29Cl3N4O6S/c1-48-34-17-24(8-15-33(34)50-22-26-9-10-28(40)19-31(26)41)20-42-44-38-45(21-30-6-4-16-49-30)37(47)35(52-38)18-25-5-2-3-7-32(25)51-23-36(46)43-29-13-11-27(39)12-14-29/h2-20H,21-23H2,1H3,(H,43,46)/b35-18-,42-20-,44-38+. The summed E-state index contributed by atoms with van der Waals surface area (Å²) in [5.74, 6) is 1.35. The van der Waals surface area contributed by atoms with E-state index in [2.05, 4.69) is 15.5 Å². The van der Waals surface area contributed by atoms with Crippen LogP contribution in [-0.4, -0.2) is 41.8 Å². The van der Waals surface area contributed by atoms with Gasteiger partial charge in [0.1, 0.15) is 18.1 Å². The molecule has 0 unspecified atom stereocenters. The second kappa shape index (κ2) is 17.3. The second-order valence-electron chi connectivity index (χ2n) is 11.0. The first kappa shape index (κ1) is 36.6. The number of carbonyl (C=O) groups is 2. The molecule has 0 saturated carbocycles. The average molecular weight is 776 g/mol. The van der Waals surface area contributed by atoms with Crippen LogP contribution >= 0.6 is 46.6 Å². The highest BCUT2D eigenvalue weighted by atomic mass is 35.5. The minimum atomic E-state index is -0.351. The lowest BCUT2D eigenvalue weighted by atomic mass is 10.2. The Morgan fingerprint density at radius 1 is 0.904 bits per heavy atom. The van der Waals surface area contributed by atoms with Gasteiger partial charge in [-0.1, -0.05) is 59.1 Å². The number of amidine groups is 1. The van der Waals surface area contributed by atoms with Crippen LogP contribution in [-0.2, 0) is 22.7 Å². The molecule has 1 aliphatic rings. The quantitative estimate of drug-likeness (QED) is 0.0720. The van der Waals surface area contributed by atoms with Crippen molar-refractivity contribution in [3.63, 3.8) is 0 Å². The van der Waals surface area contributed by atoms with E-state index in [0.717, 1.165) is 17.3 Å². The SMILES string of the molecule is COc1cc(/C=N\N=C2\S/C(=C\c3ccccc3OCC(=O)Nc3ccc(Cl)cc3)C(=O)N2Cc2ccco2)ccc1OCc1ccc(Cl)cc1Cl. The lowest BCUT2D eigenvalue weighted by molar-refractivity contribution is -0.122. The largest absolute Gasteiger partial charge is 0.493 e. The van der Waals surface area contributed by atoms with Crippen LogP contribution in [0.5, 0.6) is 17.2 Å². The highest BCUT2D eigenvalue weighted by Gasteiger charge is 2.34. The van der Waals surface area contributed by atoms with Crippen LogP contribution < -0.4 is 19.5 Å². The number of methoxy groups -OCH3 is 1. The van der Waals surface area contributed by atoms with Gasteiger partial charge < -0.3 is 23.9 Å². The molecule has 1 fully saturated rings. The highest BCUT2D eigenvalue weighted by Crippen LogP contribution is 2.36. The summed E-state index contributed by atoms with van der Waals surface area (Å²) in [6, 6.07) is 27.9. The predicted octanol–water partition coefficient (Wildman–Crippen LogP) is 9.35. The van der Waals surface area contributed by atoms with Gasteiger partial charge in [-0.25, -0.2) is 0 Å². The minimum Gasteiger partial charge on any atom is -0.493 e. The van der Waals surface area contributed by atoms with Gasteiger partial charge in [-0.15, -0.1) is 5.10 Å². The molecule has 0 radical (unpaired) electrons. The van der Waals surface area contributed by atoms with Gasteiger partial charge in [0.2, 0.25) is 0 Å². The van der Waals surface area contributed by atoms with Crippen molar-refractivity contribution in [2.75, 3.05) is 19.0 Å². The summed E-state index contributed by atoms with van der Waals surface area (Å²) in [6.45, 7) is 0.117. The predicted molar refractivity (Wildman–Crippen MR) is 206 cm³/mol. The van der Waals surface area contributed by atoms with Gasteiger partial charge in [-0.2, -0.15) is 5.10 Å². The van der Waals surface area contributed by atoms with Crippen LogP contribution in [0.15, 0.2) is 123 Å². The van der Waals surface area contributed by atoms with E-state index in [9.17, 15) is 9.59 Å². The van der Waals surface area contributed by atoms with Crippen molar-refractivity contribution >= 4 is 81.5 Å². The van der Waals surface area contributed by atoms with E-state index in [1.807, 2.05) is 6.07 Å². The first-order valence-corrected chi connectivity index (χ1v) is 17.6. The van der Waals surface area contributed by atoms with Crippen molar-refractivity contribution in [1.82, 2.24) is 4.90 Å². The number of rotatable bonds is 13. The zero-order valence-corrected chi connectivity index (χ0v) is 30.5. The molecule has 6 rings (SSSR count). The van der Waals surface area contributed by atoms with Gasteiger partial charge in [0, 0.05) is 31.9 Å². The number of carbonyl (C=O) groups excluding carboxylic acids is 2. The highest BCUT2D eigenvalue weighted by molar-refractivity contribution is 8.18. The molecular formula is C38H29Cl3N4O6S. The Balaban J connectivity index is 1.17. The molecule has 1 aliphatic heterocycles. The molecule has 1 N–H and O–H groups in total. The van der Waals surface area contributed by atoms with Crippen molar-refractivity contribution in [2.45, 2.75) is 13.2 Å². The molecule has 2 amide bonds. The van der Waals surface area contributed by atoms with Gasteiger partial charge in [-0.05, 0) is 96.2 Å². The molecule has 1 saturated heterocycles. The smallest absolute Gasteiger partial charge is 0.267 e. The fourth-order valence-electron chi connectivity index (χ4n) is 4.85. The van der Waals surface area contributed by atoms with Crippen LogP contribution in [0, 0.1) is 0 Å². The third kappa shape index (κ3) is 9.56. The average Bonchev–Trinajstić information content (AvgIpc) is 3.76. The molecule has 0 atom stereocenters. The van der Waals surface area contributed by atoms with Crippen LogP contribution in [0.3, 0.4) is 0 Å². The fraction of sp³-hybridized carbons (Fsp3) is 0.105. The Hall–Kier alpha value is -5.20. The summed E-state index contributed by atoms with van der Waals surface area (Å²) in [5, 5.41) is 13.4. The van der Waals surface area contributed by atoms with Crippen molar-refractivity contribution in [1.29, 1.82) is 0 Å². The van der Waals surface area contributed by atoms with Crippen LogP contribution in [0.25, 0.3) is 6.08 Å². The molecule has 0 aliphatic carbocycles. The number of thioether (sulfide) groups is 1. The molecule has 0 spiro atoms. The number of hydrogen-bond acceptors (Lipinski definition) is 9. The maximum atomic E-state index is 13.7. The van der Waals surface area contributed by atoms with E-state index in [1.165, 1.54) is 11.2 Å². The molecule has 10 nitrogen and oxygen atoms in total. The number of para-hydroxylation sites is 1. The van der Waals surface area contributed by atoms with E-state index in [1.54, 1.807) is 110 Å². The van der Waals surface area contributed by atoms with Crippen molar-refractivity contribution in [2.24, 2.45) is 10.2 Å². The van der Waals surface area contributed by atoms with E-state index in [4.69, 9.17) is 53.4 Å². The lowest BCUT2D eigenvalue weighted by Gasteiger charge is -2.13. The van der Waals surface area contributed by atoms with Gasteiger partial charge in [0.25, 0.3) is 11.8 Å². The minimum absolute atomic E-state index is 0.144. The number of amides is 2. The third-order valence-corrected chi connectivity index (χ3v) is 9.25. The summed E-state index contributed by atoms with van der Waals surface area (Å²) in [4.78, 5) is 28.1. The first-order valence-electron chi connectivity index (χ1n) is 15.6. The summed E-state index contributed by atoms with van der Waals surface area (Å²) in [5.41, 5.74) is 2.66. The molecule has 14 heteroatoms. The third-order valence-electron chi connectivity index (χ3n) is 7.41. The molecule has 1 aromatic heterocycles. The summed E-state index contributed by atoms with van der Waals surface area (Å²) in [6.07, 6.45) is 4.78. The summed E-state index contributed by atoms with van der Waals surface area (Å²) >= 11 is 19.4. The zero-order chi connectivity index (χ0) is 36.5. The second-order valence-corrected chi connectivity index (χ2v) is 13.3. The van der Waals surface area contributed by atoms with E-state index in [0.29, 0.717) is 65.0 Å². The Labute approximate surface area is 318 Å². The fourth-order valence-corrected chi connectivity index (χ4v) is 6.36. The Morgan fingerprint density at radius 2 is 1.71 bits per heavy atom. The van der Waals surface area contributed by atoms with Crippen LogP contribution in [0.1, 0.15) is 22.5 Å². The van der Waals surface area contributed by atoms with Crippen molar-refractivity contribution < 1.29 is 28.2 Å². The summed E-state index contributed by atoms with van der Waals surface area (Å²) < 4.78 is 22.9. The maximum Gasteiger partial charge on any atom is 0.267 e. The number of furan rings is 1. The number of hydrogen-bond donors (Lipinski definition) is 1. The zero-order valence-electron chi connectivity index (χ0n) is 27.4. The number of nitrogens with zero attached hydrogens (tertiary/aromatic N) is 3. The maximum absolute atomic E-state index is 13.7. The van der Waals surface area contributed by atoms with E-state index < -0.39 is 0 Å². The lowest BCUT2D eigenvalue weighted by Crippen LogP contribution is -2.28. The molecule has 5 aromatic rings. The number of nitrogens with one attached hydrogen (secondary N) is 1. The number of ether oxygens (including phenoxy) is 3. The number of benzene rings is 4. The molecular weight excluding hydrogens is 747 g/mol. The topological polar surface area (TPSA) is 115 Å². The normalized spacial score (nSPS) is 14.4. The van der Waals surface area contributed by atoms with Crippen molar-refractivity contribution in [3.05, 3.63) is 146 Å². The van der Waals surface area contributed by atoms with Crippen LogP contribution in [0.2, 0.25) is 15.1 Å². The Kier molecular flexibility index (Phi) is 12.2. The van der Waals surface area contributed by atoms with Crippen LogP contribution in [0.4, 0.5) is 5.69 Å². The molecule has 4 aromatic carbocycles. The first-order chi connectivity index (χ1) is 25.2. The van der Waals surface area contributed by atoms with Gasteiger partial charge in [-0.3, -0.25) is 14.5 Å². The van der Waals surface area contributed by atoms with Gasteiger partial charge >= 0.3 is 0 Å². The van der Waals surface area contributed by atoms with E-state index in [-0.39, 0.29) is 31.6 Å².